The molecule has 0 saturated heterocycles. The molecular weight excluding hydrogens is 318 g/mol. The van der Waals surface area contributed by atoms with E-state index in [4.69, 9.17) is 15.3 Å². The maximum Gasteiger partial charge on any atom is 0.260 e. The first-order valence-corrected chi connectivity index (χ1v) is 7.94. The molecule has 0 aromatic carbocycles. The summed E-state index contributed by atoms with van der Waals surface area (Å²) in [6.07, 6.45) is 5.51. The van der Waals surface area contributed by atoms with E-state index in [0.717, 1.165) is 22.3 Å². The Kier molecular flexibility index (Phi) is 3.70. The number of H-pyrrole nitrogens is 1. The molecule has 0 spiro atoms. The maximum atomic E-state index is 9.03. The quantitative estimate of drug-likeness (QED) is 0.683. The van der Waals surface area contributed by atoms with Gasteiger partial charge >= 0.3 is 0 Å². The molecule has 3 heterocycles. The molecule has 0 unspecified atom stereocenters. The Morgan fingerprint density at radius 2 is 2.24 bits per heavy atom. The Morgan fingerprint density at radius 1 is 1.36 bits per heavy atom. The number of rotatable bonds is 4. The van der Waals surface area contributed by atoms with Crippen molar-refractivity contribution in [2.24, 2.45) is 4.99 Å². The fourth-order valence-corrected chi connectivity index (χ4v) is 2.91. The van der Waals surface area contributed by atoms with Crippen LogP contribution in [0.25, 0.3) is 11.1 Å². The minimum atomic E-state index is -0.106. The number of aliphatic imine (C=N–C) groups is 1. The Balaban J connectivity index is 1.86. The van der Waals surface area contributed by atoms with Crippen molar-refractivity contribution in [1.29, 1.82) is 5.41 Å². The number of aromatic nitrogens is 3. The van der Waals surface area contributed by atoms with Crippen molar-refractivity contribution in [3.8, 4) is 5.88 Å². The average molecular weight is 335 g/mol. The van der Waals surface area contributed by atoms with Gasteiger partial charge in [-0.15, -0.1) is 5.10 Å². The van der Waals surface area contributed by atoms with Crippen molar-refractivity contribution in [2.45, 2.75) is 6.92 Å². The molecule has 0 amide bonds. The average Bonchev–Trinajstić information content (AvgIpc) is 3.23. The van der Waals surface area contributed by atoms with Crippen LogP contribution >= 0.6 is 0 Å². The van der Waals surface area contributed by atoms with Crippen LogP contribution in [0, 0.1) is 5.41 Å². The fourth-order valence-electron chi connectivity index (χ4n) is 2.91. The molecule has 0 atom stereocenters. The lowest BCUT2D eigenvalue weighted by Gasteiger charge is -2.13. The van der Waals surface area contributed by atoms with Gasteiger partial charge in [0.25, 0.3) is 5.88 Å². The molecule has 0 bridgehead atoms. The minimum Gasteiger partial charge on any atom is -0.473 e. The summed E-state index contributed by atoms with van der Waals surface area (Å²) in [6, 6.07) is 7.53. The molecule has 0 saturated carbocycles. The second kappa shape index (κ2) is 6.03. The van der Waals surface area contributed by atoms with Gasteiger partial charge in [0.15, 0.2) is 5.69 Å². The zero-order valence-corrected chi connectivity index (χ0v) is 13.7. The number of ether oxygens (including phenoxy) is 1. The Labute approximate surface area is 143 Å². The van der Waals surface area contributed by atoms with Gasteiger partial charge in [0.1, 0.15) is 6.61 Å². The standard InChI is InChI=1S/C18H17N5O2/c1-11-10-13(15(19)12-5-6-20-16(11)12)21-17-14-4-2-3-7-23(14)22-18(17)25-9-8-24/h2-7,10,19-20,24H,8-9H2,1H3. The van der Waals surface area contributed by atoms with Crippen LogP contribution in [0.3, 0.4) is 0 Å². The van der Waals surface area contributed by atoms with Crippen molar-refractivity contribution in [3.63, 3.8) is 0 Å². The third-order valence-corrected chi connectivity index (χ3v) is 4.07. The van der Waals surface area contributed by atoms with E-state index in [0.29, 0.717) is 23.0 Å². The summed E-state index contributed by atoms with van der Waals surface area (Å²) in [7, 11) is 0. The highest BCUT2D eigenvalue weighted by atomic mass is 16.5. The first-order chi connectivity index (χ1) is 12.2. The monoisotopic (exact) mass is 335 g/mol. The SMILES string of the molecule is CC1=CC(=Nc2c(OCCO)nn3ccccc23)C(=N)c2cc[nH]c21. The van der Waals surface area contributed by atoms with E-state index >= 15 is 0 Å². The van der Waals surface area contributed by atoms with Crippen LogP contribution in [-0.4, -0.2) is 44.3 Å². The number of aromatic amines is 1. The first kappa shape index (κ1) is 15.3. The smallest absolute Gasteiger partial charge is 0.260 e. The van der Waals surface area contributed by atoms with Crippen LogP contribution < -0.4 is 4.74 Å². The number of nitrogens with one attached hydrogen (secondary N) is 2. The molecule has 0 radical (unpaired) electrons. The lowest BCUT2D eigenvalue weighted by molar-refractivity contribution is 0.197. The van der Waals surface area contributed by atoms with Crippen LogP contribution in [0.5, 0.6) is 5.88 Å². The van der Waals surface area contributed by atoms with E-state index in [1.165, 1.54) is 0 Å². The molecule has 25 heavy (non-hydrogen) atoms. The van der Waals surface area contributed by atoms with Crippen molar-refractivity contribution in [3.05, 3.63) is 54.0 Å². The number of aliphatic hydroxyl groups excluding tert-OH is 1. The molecule has 7 nitrogen and oxygen atoms in total. The van der Waals surface area contributed by atoms with E-state index in [-0.39, 0.29) is 13.2 Å². The predicted octanol–water partition coefficient (Wildman–Crippen LogP) is 2.59. The van der Waals surface area contributed by atoms with Crippen LogP contribution in [-0.2, 0) is 0 Å². The second-order valence-corrected chi connectivity index (χ2v) is 5.72. The van der Waals surface area contributed by atoms with Gasteiger partial charge in [-0.25, -0.2) is 9.51 Å². The van der Waals surface area contributed by atoms with Crippen molar-refractivity contribution in [2.75, 3.05) is 13.2 Å². The lowest BCUT2D eigenvalue weighted by atomic mass is 9.95. The highest BCUT2D eigenvalue weighted by Crippen LogP contribution is 2.33. The van der Waals surface area contributed by atoms with Gasteiger partial charge in [0.2, 0.25) is 0 Å². The summed E-state index contributed by atoms with van der Waals surface area (Å²) < 4.78 is 7.22. The van der Waals surface area contributed by atoms with Crippen LogP contribution in [0.2, 0.25) is 0 Å². The molecule has 1 aliphatic carbocycles. The second-order valence-electron chi connectivity index (χ2n) is 5.72. The lowest BCUT2D eigenvalue weighted by Crippen LogP contribution is -2.17. The summed E-state index contributed by atoms with van der Waals surface area (Å²) in [5, 5.41) is 21.9. The molecule has 3 aromatic rings. The van der Waals surface area contributed by atoms with Gasteiger partial charge in [-0.05, 0) is 36.8 Å². The first-order valence-electron chi connectivity index (χ1n) is 7.94. The van der Waals surface area contributed by atoms with E-state index in [1.54, 1.807) is 4.52 Å². The third-order valence-electron chi connectivity index (χ3n) is 4.07. The molecule has 0 aliphatic heterocycles. The number of fused-ring (bicyclic) bond motifs is 2. The molecular formula is C18H17N5O2. The highest BCUT2D eigenvalue weighted by Gasteiger charge is 2.22. The highest BCUT2D eigenvalue weighted by molar-refractivity contribution is 6.54. The Bertz CT molecular complexity index is 1030. The topological polar surface area (TPSA) is 98.8 Å². The molecule has 126 valence electrons. The molecule has 3 N–H and O–H groups in total. The van der Waals surface area contributed by atoms with Gasteiger partial charge in [0.05, 0.1) is 29.2 Å². The molecule has 3 aromatic heterocycles. The van der Waals surface area contributed by atoms with Crippen LogP contribution in [0.1, 0.15) is 18.2 Å². The van der Waals surface area contributed by atoms with E-state index in [9.17, 15) is 0 Å². The largest absolute Gasteiger partial charge is 0.473 e. The molecule has 0 fully saturated rings. The van der Waals surface area contributed by atoms with E-state index in [1.807, 2.05) is 49.7 Å². The minimum absolute atomic E-state index is 0.106. The van der Waals surface area contributed by atoms with Gasteiger partial charge in [-0.1, -0.05) is 6.07 Å². The molecule has 1 aliphatic rings. The zero-order valence-electron chi connectivity index (χ0n) is 13.7. The Hall–Kier alpha value is -3.19. The Morgan fingerprint density at radius 3 is 3.08 bits per heavy atom. The van der Waals surface area contributed by atoms with Gasteiger partial charge < -0.3 is 14.8 Å². The summed E-state index contributed by atoms with van der Waals surface area (Å²) in [4.78, 5) is 7.83. The van der Waals surface area contributed by atoms with Gasteiger partial charge in [-0.2, -0.15) is 0 Å². The summed E-state index contributed by atoms with van der Waals surface area (Å²) in [5.74, 6) is 0.339. The number of hydrogen-bond acceptors (Lipinski definition) is 5. The zero-order chi connectivity index (χ0) is 17.4. The fraction of sp³-hybridized carbons (Fsp3) is 0.167. The molecule has 4 rings (SSSR count). The van der Waals surface area contributed by atoms with Gasteiger partial charge in [-0.3, -0.25) is 5.41 Å². The maximum absolute atomic E-state index is 9.03. The number of pyridine rings is 1. The van der Waals surface area contributed by atoms with E-state index < -0.39 is 0 Å². The van der Waals surface area contributed by atoms with Gasteiger partial charge in [0, 0.05) is 18.0 Å². The number of allylic oxidation sites excluding steroid dienone is 2. The number of hydrogen-bond donors (Lipinski definition) is 3. The number of nitrogens with zero attached hydrogens (tertiary/aromatic N) is 3. The number of aliphatic hydroxyl groups is 1. The van der Waals surface area contributed by atoms with Crippen LogP contribution in [0.15, 0.2) is 47.7 Å². The summed E-state index contributed by atoms with van der Waals surface area (Å²) in [5.41, 5.74) is 5.03. The molecule has 7 heteroatoms. The predicted molar refractivity (Wildman–Crippen MR) is 96.1 cm³/mol. The van der Waals surface area contributed by atoms with Crippen LogP contribution in [0.4, 0.5) is 5.69 Å². The summed E-state index contributed by atoms with van der Waals surface area (Å²) >= 11 is 0. The summed E-state index contributed by atoms with van der Waals surface area (Å²) in [6.45, 7) is 2.01. The third kappa shape index (κ3) is 2.54. The van der Waals surface area contributed by atoms with Crippen molar-refractivity contribution in [1.82, 2.24) is 14.6 Å². The normalized spacial score (nSPS) is 15.5. The van der Waals surface area contributed by atoms with Crippen molar-refractivity contribution < 1.29 is 9.84 Å². The van der Waals surface area contributed by atoms with E-state index in [2.05, 4.69) is 15.1 Å². The van der Waals surface area contributed by atoms with Crippen molar-refractivity contribution >= 4 is 28.2 Å².